The first-order valence-electron chi connectivity index (χ1n) is 6.42. The summed E-state index contributed by atoms with van der Waals surface area (Å²) in [6.45, 7) is 1.85. The lowest BCUT2D eigenvalue weighted by Gasteiger charge is -2.28. The molecule has 0 spiro atoms. The summed E-state index contributed by atoms with van der Waals surface area (Å²) in [5.74, 6) is 1.60. The predicted octanol–water partition coefficient (Wildman–Crippen LogP) is 1.36. The van der Waals surface area contributed by atoms with Crippen LogP contribution in [0, 0.1) is 11.8 Å². The molecule has 18 heavy (non-hydrogen) atoms. The second-order valence-corrected chi connectivity index (χ2v) is 5.14. The van der Waals surface area contributed by atoms with E-state index in [1.54, 1.807) is 6.08 Å². The zero-order valence-electron chi connectivity index (χ0n) is 10.5. The Morgan fingerprint density at radius 2 is 2.11 bits per heavy atom. The van der Waals surface area contributed by atoms with Crippen LogP contribution in [0.1, 0.15) is 25.7 Å². The van der Waals surface area contributed by atoms with Gasteiger partial charge in [-0.25, -0.2) is 14.6 Å². The second-order valence-electron chi connectivity index (χ2n) is 4.69. The van der Waals surface area contributed by atoms with Gasteiger partial charge in [0, 0.05) is 18.8 Å². The third kappa shape index (κ3) is 6.07. The Bertz CT molecular complexity index is 306. The molecule has 0 aromatic rings. The van der Waals surface area contributed by atoms with Crippen LogP contribution in [0.25, 0.3) is 0 Å². The Morgan fingerprint density at radius 3 is 2.83 bits per heavy atom. The van der Waals surface area contributed by atoms with E-state index < -0.39 is 0 Å². The van der Waals surface area contributed by atoms with Crippen molar-refractivity contribution in [1.29, 1.82) is 0 Å². The number of rotatable bonds is 6. The summed E-state index contributed by atoms with van der Waals surface area (Å²) < 4.78 is 0. The Kier molecular flexibility index (Phi) is 7.53. The van der Waals surface area contributed by atoms with Crippen LogP contribution in [-0.4, -0.2) is 37.5 Å². The van der Waals surface area contributed by atoms with Crippen LogP contribution in [0.2, 0.25) is 0 Å². The third-order valence-corrected chi connectivity index (χ3v) is 3.48. The van der Waals surface area contributed by atoms with Gasteiger partial charge in [-0.3, -0.25) is 0 Å². The Morgan fingerprint density at radius 1 is 1.33 bits per heavy atom. The van der Waals surface area contributed by atoms with Crippen molar-refractivity contribution in [3.8, 4) is 0 Å². The number of aliphatic imine (C=N–C) groups is 1. The molecule has 0 radical (unpaired) electrons. The molecule has 6 heteroatoms. The molecule has 0 aromatic carbocycles. The molecule has 0 aromatic heterocycles. The lowest BCUT2D eigenvalue weighted by molar-refractivity contribution is 0.230. The third-order valence-electron chi connectivity index (χ3n) is 3.25. The smallest absolute Gasteiger partial charge is 0.314 e. The highest BCUT2D eigenvalue weighted by molar-refractivity contribution is 7.80. The molecule has 2 atom stereocenters. The van der Waals surface area contributed by atoms with Gasteiger partial charge < -0.3 is 10.6 Å². The first-order valence-corrected chi connectivity index (χ1v) is 7.05. The number of hydrogen-bond donors (Lipinski definition) is 3. The molecule has 102 valence electrons. The number of isocyanates is 1. The minimum absolute atomic E-state index is 0.128. The van der Waals surface area contributed by atoms with Gasteiger partial charge in [-0.2, -0.15) is 12.6 Å². The van der Waals surface area contributed by atoms with Crippen LogP contribution in [0.4, 0.5) is 4.79 Å². The maximum atomic E-state index is 11.4. The van der Waals surface area contributed by atoms with Crippen LogP contribution >= 0.6 is 12.6 Å². The van der Waals surface area contributed by atoms with E-state index in [1.165, 1.54) is 0 Å². The number of hydrogen-bond acceptors (Lipinski definition) is 4. The normalized spacial score (nSPS) is 22.9. The van der Waals surface area contributed by atoms with Gasteiger partial charge in [0.25, 0.3) is 0 Å². The van der Waals surface area contributed by atoms with Gasteiger partial charge in [0.15, 0.2) is 0 Å². The monoisotopic (exact) mass is 271 g/mol. The summed E-state index contributed by atoms with van der Waals surface area (Å²) in [6, 6.07) is -0.128. The molecule has 0 bridgehead atoms. The van der Waals surface area contributed by atoms with Crippen LogP contribution < -0.4 is 10.6 Å². The molecule has 0 saturated heterocycles. The van der Waals surface area contributed by atoms with Crippen molar-refractivity contribution in [3.05, 3.63) is 0 Å². The fraction of sp³-hybridized carbons (Fsp3) is 0.833. The van der Waals surface area contributed by atoms with Crippen molar-refractivity contribution in [1.82, 2.24) is 10.6 Å². The van der Waals surface area contributed by atoms with E-state index in [0.717, 1.165) is 25.7 Å². The summed E-state index contributed by atoms with van der Waals surface area (Å²) in [5.41, 5.74) is 0. The van der Waals surface area contributed by atoms with E-state index in [1.807, 2.05) is 0 Å². The number of nitrogens with one attached hydrogen (secondary N) is 2. The number of thiol groups is 1. The largest absolute Gasteiger partial charge is 0.338 e. The van der Waals surface area contributed by atoms with Gasteiger partial charge in [-0.1, -0.05) is 6.42 Å². The van der Waals surface area contributed by atoms with Crippen molar-refractivity contribution < 1.29 is 9.59 Å². The summed E-state index contributed by atoms with van der Waals surface area (Å²) in [7, 11) is 0. The number of carbonyl (C=O) groups is 1. The summed E-state index contributed by atoms with van der Waals surface area (Å²) in [5, 5.41) is 5.59. The minimum Gasteiger partial charge on any atom is -0.338 e. The quantitative estimate of drug-likeness (QED) is 0.388. The van der Waals surface area contributed by atoms with Crippen LogP contribution in [0.15, 0.2) is 4.99 Å². The van der Waals surface area contributed by atoms with Gasteiger partial charge in [0.1, 0.15) is 0 Å². The van der Waals surface area contributed by atoms with E-state index in [-0.39, 0.29) is 6.03 Å². The maximum absolute atomic E-state index is 11.4. The standard InChI is InChI=1S/C12H21N3O2S/c16-9-13-7-10-2-1-3-11(6-10)8-15-12(17)14-4-5-18/h10-11,18H,1-8H2,(H2,14,15,17). The highest BCUT2D eigenvalue weighted by Gasteiger charge is 2.22. The average molecular weight is 271 g/mol. The van der Waals surface area contributed by atoms with Crippen molar-refractivity contribution in [2.24, 2.45) is 16.8 Å². The van der Waals surface area contributed by atoms with E-state index in [0.29, 0.717) is 37.2 Å². The van der Waals surface area contributed by atoms with Crippen molar-refractivity contribution >= 4 is 24.7 Å². The molecule has 0 aliphatic heterocycles. The van der Waals surface area contributed by atoms with Gasteiger partial charge in [-0.15, -0.1) is 0 Å². The fourth-order valence-corrected chi connectivity index (χ4v) is 2.50. The van der Waals surface area contributed by atoms with Crippen LogP contribution in [-0.2, 0) is 4.79 Å². The number of nitrogens with zero attached hydrogens (tertiary/aromatic N) is 1. The van der Waals surface area contributed by atoms with Gasteiger partial charge in [-0.05, 0) is 31.1 Å². The molecule has 5 nitrogen and oxygen atoms in total. The molecule has 2 amide bonds. The molecule has 2 N–H and O–H groups in total. The van der Waals surface area contributed by atoms with Gasteiger partial charge in [0.05, 0.1) is 6.54 Å². The van der Waals surface area contributed by atoms with Crippen LogP contribution in [0.3, 0.4) is 0 Å². The lowest BCUT2D eigenvalue weighted by Crippen LogP contribution is -2.40. The zero-order valence-corrected chi connectivity index (χ0v) is 11.4. The zero-order chi connectivity index (χ0) is 13.2. The van der Waals surface area contributed by atoms with E-state index in [4.69, 9.17) is 0 Å². The van der Waals surface area contributed by atoms with E-state index in [9.17, 15) is 9.59 Å². The lowest BCUT2D eigenvalue weighted by atomic mass is 9.81. The summed E-state index contributed by atoms with van der Waals surface area (Å²) >= 11 is 4.02. The summed E-state index contributed by atoms with van der Waals surface area (Å²) in [4.78, 5) is 25.1. The maximum Gasteiger partial charge on any atom is 0.314 e. The van der Waals surface area contributed by atoms with E-state index >= 15 is 0 Å². The molecular weight excluding hydrogens is 250 g/mol. The van der Waals surface area contributed by atoms with E-state index in [2.05, 4.69) is 28.3 Å². The molecule has 2 unspecified atom stereocenters. The Balaban J connectivity index is 2.21. The fourth-order valence-electron chi connectivity index (χ4n) is 2.39. The molecule has 1 aliphatic carbocycles. The molecule has 1 rings (SSSR count). The van der Waals surface area contributed by atoms with Gasteiger partial charge in [0.2, 0.25) is 6.08 Å². The molecule has 1 saturated carbocycles. The first kappa shape index (κ1) is 15.1. The molecule has 0 heterocycles. The van der Waals surface area contributed by atoms with Gasteiger partial charge >= 0.3 is 6.03 Å². The average Bonchev–Trinajstić information content (AvgIpc) is 2.41. The minimum atomic E-state index is -0.128. The Hall–Kier alpha value is -1.00. The molecule has 1 aliphatic rings. The van der Waals surface area contributed by atoms with Crippen molar-refractivity contribution in [2.75, 3.05) is 25.4 Å². The second kappa shape index (κ2) is 9.00. The molecular formula is C12H21N3O2S. The SMILES string of the molecule is O=C=NCC1CCCC(CNC(=O)NCCS)C1. The van der Waals surface area contributed by atoms with Crippen molar-refractivity contribution in [2.45, 2.75) is 25.7 Å². The number of urea groups is 1. The van der Waals surface area contributed by atoms with Crippen LogP contribution in [0.5, 0.6) is 0 Å². The topological polar surface area (TPSA) is 70.6 Å². The molecule has 1 fully saturated rings. The predicted molar refractivity (Wildman–Crippen MR) is 73.7 cm³/mol. The number of amides is 2. The Labute approximate surface area is 113 Å². The highest BCUT2D eigenvalue weighted by atomic mass is 32.1. The van der Waals surface area contributed by atoms with Crippen molar-refractivity contribution in [3.63, 3.8) is 0 Å². The first-order chi connectivity index (χ1) is 8.76. The summed E-state index contributed by atoms with van der Waals surface area (Å²) in [6.07, 6.45) is 6.01. The number of carbonyl (C=O) groups excluding carboxylic acids is 2. The highest BCUT2D eigenvalue weighted by Crippen LogP contribution is 2.28.